The highest BCUT2D eigenvalue weighted by Crippen LogP contribution is 2.18. The average Bonchev–Trinajstić information content (AvgIpc) is 2.62. The quantitative estimate of drug-likeness (QED) is 0.692. The molecule has 0 saturated heterocycles. The number of ether oxygens (including phenoxy) is 2. The molecule has 0 spiro atoms. The van der Waals surface area contributed by atoms with E-state index in [1.165, 1.54) is 5.56 Å². The molecule has 0 fully saturated rings. The van der Waals surface area contributed by atoms with Gasteiger partial charge >= 0.3 is 0 Å². The van der Waals surface area contributed by atoms with Gasteiger partial charge < -0.3 is 14.8 Å². The minimum absolute atomic E-state index is 0.0223. The van der Waals surface area contributed by atoms with E-state index in [2.05, 4.69) is 19.2 Å². The van der Waals surface area contributed by atoms with Crippen LogP contribution in [-0.2, 0) is 11.2 Å². The number of hydrogen-bond donors (Lipinski definition) is 1. The van der Waals surface area contributed by atoms with Gasteiger partial charge in [-0.25, -0.2) is 0 Å². The molecular formula is C20H25NO3. The monoisotopic (exact) mass is 327 g/mol. The van der Waals surface area contributed by atoms with Gasteiger partial charge in [-0.05, 0) is 54.8 Å². The molecule has 0 unspecified atom stereocenters. The van der Waals surface area contributed by atoms with Crippen LogP contribution in [0.5, 0.6) is 11.5 Å². The number of unbranched alkanes of at least 4 members (excludes halogenated alkanes) is 1. The molecule has 24 heavy (non-hydrogen) atoms. The molecule has 0 aliphatic carbocycles. The molecule has 2 rings (SSSR count). The van der Waals surface area contributed by atoms with Crippen LogP contribution in [0.3, 0.4) is 0 Å². The van der Waals surface area contributed by atoms with Gasteiger partial charge in [0.05, 0.1) is 6.61 Å². The van der Waals surface area contributed by atoms with Crippen LogP contribution in [0.4, 0.5) is 5.69 Å². The molecule has 0 aliphatic heterocycles. The van der Waals surface area contributed by atoms with Crippen molar-refractivity contribution in [1.82, 2.24) is 0 Å². The number of aryl methyl sites for hydroxylation is 1. The minimum Gasteiger partial charge on any atom is -0.494 e. The Balaban J connectivity index is 1.76. The maximum absolute atomic E-state index is 11.9. The Morgan fingerprint density at radius 2 is 1.54 bits per heavy atom. The predicted octanol–water partition coefficient (Wildman–Crippen LogP) is 4.45. The highest BCUT2D eigenvalue weighted by atomic mass is 16.5. The summed E-state index contributed by atoms with van der Waals surface area (Å²) >= 11 is 0. The first-order chi connectivity index (χ1) is 11.7. The zero-order valence-corrected chi connectivity index (χ0v) is 14.4. The molecule has 1 N–H and O–H groups in total. The largest absolute Gasteiger partial charge is 0.494 e. The van der Waals surface area contributed by atoms with Crippen molar-refractivity contribution in [3.63, 3.8) is 0 Å². The van der Waals surface area contributed by atoms with Gasteiger partial charge in [0.2, 0.25) is 0 Å². The lowest BCUT2D eigenvalue weighted by Gasteiger charge is -2.09. The van der Waals surface area contributed by atoms with Gasteiger partial charge in [0.15, 0.2) is 6.61 Å². The van der Waals surface area contributed by atoms with Crippen LogP contribution in [0, 0.1) is 0 Å². The first-order valence-corrected chi connectivity index (χ1v) is 8.45. The van der Waals surface area contributed by atoms with Crippen molar-refractivity contribution in [2.24, 2.45) is 0 Å². The van der Waals surface area contributed by atoms with E-state index in [9.17, 15) is 4.79 Å². The number of benzene rings is 2. The second-order valence-electron chi connectivity index (χ2n) is 5.56. The first-order valence-electron chi connectivity index (χ1n) is 8.45. The van der Waals surface area contributed by atoms with Crippen molar-refractivity contribution in [2.45, 2.75) is 33.1 Å². The molecule has 0 saturated carbocycles. The molecule has 0 heterocycles. The van der Waals surface area contributed by atoms with E-state index < -0.39 is 0 Å². The first kappa shape index (κ1) is 17.9. The van der Waals surface area contributed by atoms with Crippen molar-refractivity contribution in [3.05, 3.63) is 54.1 Å². The summed E-state index contributed by atoms with van der Waals surface area (Å²) in [7, 11) is 0. The Labute approximate surface area is 143 Å². The molecule has 0 bridgehead atoms. The molecule has 4 heteroatoms. The smallest absolute Gasteiger partial charge is 0.262 e. The highest BCUT2D eigenvalue weighted by molar-refractivity contribution is 5.91. The highest BCUT2D eigenvalue weighted by Gasteiger charge is 2.04. The van der Waals surface area contributed by atoms with E-state index in [4.69, 9.17) is 9.47 Å². The number of carbonyl (C=O) groups excluding carboxylic acids is 1. The van der Waals surface area contributed by atoms with Gasteiger partial charge in [0, 0.05) is 5.69 Å². The van der Waals surface area contributed by atoms with Gasteiger partial charge in [-0.1, -0.05) is 32.4 Å². The van der Waals surface area contributed by atoms with Gasteiger partial charge in [-0.3, -0.25) is 4.79 Å². The average molecular weight is 327 g/mol. The lowest BCUT2D eigenvalue weighted by molar-refractivity contribution is -0.118. The van der Waals surface area contributed by atoms with Crippen LogP contribution in [-0.4, -0.2) is 19.1 Å². The Bertz CT molecular complexity index is 620. The summed E-state index contributed by atoms with van der Waals surface area (Å²) in [6, 6.07) is 15.1. The van der Waals surface area contributed by atoms with Crippen LogP contribution >= 0.6 is 0 Å². The SMILES string of the molecule is CCCCOc1ccc(OCC(=O)Nc2ccc(CC)cc2)cc1. The van der Waals surface area contributed by atoms with E-state index in [1.807, 2.05) is 48.5 Å². The Kier molecular flexibility index (Phi) is 7.15. The van der Waals surface area contributed by atoms with Gasteiger partial charge in [0.25, 0.3) is 5.91 Å². The fourth-order valence-electron chi connectivity index (χ4n) is 2.14. The number of carbonyl (C=O) groups is 1. The van der Waals surface area contributed by atoms with Crippen molar-refractivity contribution < 1.29 is 14.3 Å². The Hall–Kier alpha value is -2.49. The lowest BCUT2D eigenvalue weighted by atomic mass is 10.1. The van der Waals surface area contributed by atoms with Crippen LogP contribution < -0.4 is 14.8 Å². The molecule has 0 radical (unpaired) electrons. The van der Waals surface area contributed by atoms with E-state index in [1.54, 1.807) is 0 Å². The summed E-state index contributed by atoms with van der Waals surface area (Å²) in [4.78, 5) is 11.9. The van der Waals surface area contributed by atoms with Crippen molar-refractivity contribution in [2.75, 3.05) is 18.5 Å². The molecule has 0 aromatic heterocycles. The summed E-state index contributed by atoms with van der Waals surface area (Å²) in [5, 5.41) is 2.82. The summed E-state index contributed by atoms with van der Waals surface area (Å²) in [5.74, 6) is 1.29. The third-order valence-corrected chi connectivity index (χ3v) is 3.61. The predicted molar refractivity (Wildman–Crippen MR) is 96.8 cm³/mol. The minimum atomic E-state index is -0.178. The van der Waals surface area contributed by atoms with Crippen molar-refractivity contribution in [1.29, 1.82) is 0 Å². The third kappa shape index (κ3) is 5.95. The topological polar surface area (TPSA) is 47.6 Å². The fraction of sp³-hybridized carbons (Fsp3) is 0.350. The van der Waals surface area contributed by atoms with Crippen LogP contribution in [0.25, 0.3) is 0 Å². The van der Waals surface area contributed by atoms with Crippen LogP contribution in [0.2, 0.25) is 0 Å². The third-order valence-electron chi connectivity index (χ3n) is 3.61. The lowest BCUT2D eigenvalue weighted by Crippen LogP contribution is -2.20. The maximum Gasteiger partial charge on any atom is 0.262 e. The van der Waals surface area contributed by atoms with E-state index in [0.717, 1.165) is 37.3 Å². The Morgan fingerprint density at radius 1 is 0.917 bits per heavy atom. The number of nitrogens with one attached hydrogen (secondary N) is 1. The Morgan fingerprint density at radius 3 is 2.12 bits per heavy atom. The van der Waals surface area contributed by atoms with Crippen LogP contribution in [0.1, 0.15) is 32.3 Å². The number of hydrogen-bond acceptors (Lipinski definition) is 3. The zero-order chi connectivity index (χ0) is 17.2. The van der Waals surface area contributed by atoms with Gasteiger partial charge in [-0.2, -0.15) is 0 Å². The summed E-state index contributed by atoms with van der Waals surface area (Å²) < 4.78 is 11.1. The molecule has 4 nitrogen and oxygen atoms in total. The number of amides is 1. The molecule has 0 aliphatic rings. The van der Waals surface area contributed by atoms with E-state index in [-0.39, 0.29) is 12.5 Å². The van der Waals surface area contributed by atoms with E-state index >= 15 is 0 Å². The van der Waals surface area contributed by atoms with Crippen molar-refractivity contribution in [3.8, 4) is 11.5 Å². The second kappa shape index (κ2) is 9.60. The molecular weight excluding hydrogens is 302 g/mol. The van der Waals surface area contributed by atoms with E-state index in [0.29, 0.717) is 5.75 Å². The van der Waals surface area contributed by atoms with Crippen molar-refractivity contribution >= 4 is 11.6 Å². The normalized spacial score (nSPS) is 10.2. The molecule has 128 valence electrons. The van der Waals surface area contributed by atoms with Gasteiger partial charge in [-0.15, -0.1) is 0 Å². The second-order valence-corrected chi connectivity index (χ2v) is 5.56. The summed E-state index contributed by atoms with van der Waals surface area (Å²) in [6.45, 7) is 4.92. The summed E-state index contributed by atoms with van der Waals surface area (Å²) in [6.07, 6.45) is 3.13. The number of anilines is 1. The maximum atomic E-state index is 11.9. The number of rotatable bonds is 9. The molecule has 2 aromatic carbocycles. The zero-order valence-electron chi connectivity index (χ0n) is 14.4. The molecule has 2 aromatic rings. The fourth-order valence-corrected chi connectivity index (χ4v) is 2.14. The molecule has 1 amide bonds. The standard InChI is InChI=1S/C20H25NO3/c1-3-5-14-23-18-10-12-19(13-11-18)24-15-20(22)21-17-8-6-16(4-2)7-9-17/h6-13H,3-5,14-15H2,1-2H3,(H,21,22). The molecule has 0 atom stereocenters. The summed E-state index contributed by atoms with van der Waals surface area (Å²) in [5.41, 5.74) is 2.02. The van der Waals surface area contributed by atoms with Crippen LogP contribution in [0.15, 0.2) is 48.5 Å². The van der Waals surface area contributed by atoms with Gasteiger partial charge in [0.1, 0.15) is 11.5 Å².